The van der Waals surface area contributed by atoms with E-state index in [2.05, 4.69) is 67.6 Å². The Morgan fingerprint density at radius 1 is 0.826 bits per heavy atom. The molecule has 0 saturated carbocycles. The van der Waals surface area contributed by atoms with Crippen LogP contribution in [0.4, 0.5) is 5.69 Å². The number of imide groups is 2. The Morgan fingerprint density at radius 3 is 2.28 bits per heavy atom. The molecule has 1 unspecified atom stereocenters. The first kappa shape index (κ1) is 49.8. The zero-order chi connectivity index (χ0) is 48.6. The fourth-order valence-corrected chi connectivity index (χ4v) is 11.5. The van der Waals surface area contributed by atoms with E-state index in [1.807, 2.05) is 39.0 Å². The summed E-state index contributed by atoms with van der Waals surface area (Å²) in [6.07, 6.45) is 7.69. The van der Waals surface area contributed by atoms with Crippen LogP contribution >= 0.6 is 11.8 Å². The number of benzene rings is 3. The predicted octanol–water partition coefficient (Wildman–Crippen LogP) is 7.16. The molecule has 0 radical (unpaired) electrons. The van der Waals surface area contributed by atoms with Gasteiger partial charge in [0.05, 0.1) is 11.1 Å². The van der Waals surface area contributed by atoms with Crippen LogP contribution in [-0.4, -0.2) is 120 Å². The zero-order valence-corrected chi connectivity index (χ0v) is 41.4. The molecule has 5 heterocycles. The van der Waals surface area contributed by atoms with E-state index in [0.29, 0.717) is 28.3 Å². The van der Waals surface area contributed by atoms with Gasteiger partial charge in [-0.2, -0.15) is 0 Å². The van der Waals surface area contributed by atoms with E-state index < -0.39 is 23.8 Å². The first-order valence-electron chi connectivity index (χ1n) is 24.9. The highest BCUT2D eigenvalue weighted by Gasteiger charge is 2.45. The number of unbranched alkanes of at least 4 members (excludes halogenated alkanes) is 4. The highest BCUT2D eigenvalue weighted by molar-refractivity contribution is 7.99. The molecule has 3 N–H and O–H groups in total. The average Bonchev–Trinajstić information content (AvgIpc) is 3.59. The summed E-state index contributed by atoms with van der Waals surface area (Å²) in [6, 6.07) is 19.6. The van der Waals surface area contributed by atoms with Crippen molar-refractivity contribution in [3.63, 3.8) is 0 Å². The van der Waals surface area contributed by atoms with Crippen molar-refractivity contribution in [2.24, 2.45) is 0 Å². The summed E-state index contributed by atoms with van der Waals surface area (Å²) >= 11 is 1.58. The monoisotopic (exact) mass is 957 g/mol. The smallest absolute Gasteiger partial charge is 0.263 e. The number of thioether (sulfide) groups is 1. The lowest BCUT2D eigenvalue weighted by atomic mass is 9.94. The van der Waals surface area contributed by atoms with Crippen LogP contribution in [0.25, 0.3) is 11.1 Å². The highest BCUT2D eigenvalue weighted by atomic mass is 32.2. The maximum absolute atomic E-state index is 14.0. The maximum Gasteiger partial charge on any atom is 0.263 e. The maximum atomic E-state index is 14.0. The van der Waals surface area contributed by atoms with Gasteiger partial charge in [-0.25, -0.2) is 0 Å². The minimum absolute atomic E-state index is 0.101. The normalized spacial score (nSPS) is 18.1. The van der Waals surface area contributed by atoms with Crippen LogP contribution in [-0.2, 0) is 27.4 Å². The number of piperidine rings is 1. The fraction of sp³-hybridized carbons (Fsp3) is 0.481. The number of carbonyl (C=O) groups excluding carboxylic acids is 5. The number of nitrogens with zero attached hydrogens (tertiary/aromatic N) is 4. The molecule has 14 nitrogen and oxygen atoms in total. The van der Waals surface area contributed by atoms with E-state index in [1.165, 1.54) is 12.0 Å². The number of carbonyl (C=O) groups is 5. The number of rotatable bonds is 19. The highest BCUT2D eigenvalue weighted by Crippen LogP contribution is 2.36. The first-order chi connectivity index (χ1) is 33.4. The summed E-state index contributed by atoms with van der Waals surface area (Å²) in [5, 5.41) is 5.32. The standard InChI is InChI=1S/C54H67N7O7S/c1-5-60(41-20-27-68-28-21-41)46-32-40(31-43(37(46)4)50(63)55-33-44-35(2)30-36(3)56-51(44)64)39-16-14-38(15-17-39)34-59-25-23-58(24-26-59)22-9-7-6-8-10-29-69-47-13-11-12-42-49(47)54(67)61(53(42)66)45-18-19-48(62)57-52(45)65/h11-17,30-32,41,45H,5-10,18-29,33-34H2,1-4H3,(H,55,63)(H,56,64)(H,57,62,65). The molecule has 1 aromatic heterocycles. The molecule has 3 fully saturated rings. The van der Waals surface area contributed by atoms with E-state index in [1.54, 1.807) is 23.9 Å². The first-order valence-corrected chi connectivity index (χ1v) is 25.9. The third-order valence-corrected chi connectivity index (χ3v) is 15.4. The molecule has 4 aromatic rings. The van der Waals surface area contributed by atoms with Gasteiger partial charge in [-0.15, -0.1) is 11.8 Å². The van der Waals surface area contributed by atoms with Crippen molar-refractivity contribution >= 4 is 47.0 Å². The number of nitrogens with one attached hydrogen (secondary N) is 3. The minimum Gasteiger partial charge on any atom is -0.381 e. The summed E-state index contributed by atoms with van der Waals surface area (Å²) in [7, 11) is 0. The van der Waals surface area contributed by atoms with Gasteiger partial charge in [-0.3, -0.25) is 43.9 Å². The van der Waals surface area contributed by atoms with Gasteiger partial charge in [0.2, 0.25) is 11.8 Å². The molecule has 0 spiro atoms. The van der Waals surface area contributed by atoms with Gasteiger partial charge in [0.25, 0.3) is 23.3 Å². The Balaban J connectivity index is 0.789. The van der Waals surface area contributed by atoms with Crippen LogP contribution in [0.15, 0.2) is 70.4 Å². The van der Waals surface area contributed by atoms with Crippen LogP contribution in [0.5, 0.6) is 0 Å². The SMILES string of the molecule is CCN(c1cc(-c2ccc(CN3CCN(CCCCCCCSc4cccc5c4C(=O)N(C4CCC(=O)NC4=O)C5=O)CC3)cc2)cc(C(=O)NCc2c(C)cc(C)[nH]c2=O)c1C)C1CCOCC1. The molecule has 4 aliphatic rings. The van der Waals surface area contributed by atoms with Crippen molar-refractivity contribution in [3.05, 3.63) is 116 Å². The van der Waals surface area contributed by atoms with Gasteiger partial charge < -0.3 is 24.8 Å². The van der Waals surface area contributed by atoms with Crippen molar-refractivity contribution in [2.75, 3.05) is 63.1 Å². The molecule has 5 amide bonds. The lowest BCUT2D eigenvalue weighted by molar-refractivity contribution is -0.136. The van der Waals surface area contributed by atoms with Crippen LogP contribution < -0.4 is 21.1 Å². The number of hydrogen-bond acceptors (Lipinski definition) is 11. The lowest BCUT2D eigenvalue weighted by Crippen LogP contribution is -2.54. The number of hydrogen-bond donors (Lipinski definition) is 3. The van der Waals surface area contributed by atoms with Crippen molar-refractivity contribution in [3.8, 4) is 11.1 Å². The molecular weight excluding hydrogens is 891 g/mol. The van der Waals surface area contributed by atoms with Gasteiger partial charge in [-0.05, 0) is 130 Å². The summed E-state index contributed by atoms with van der Waals surface area (Å²) in [5.74, 6) is -1.26. The molecule has 366 valence electrons. The molecule has 3 aromatic carbocycles. The Hall–Kier alpha value is -5.61. The zero-order valence-electron chi connectivity index (χ0n) is 40.6. The number of aryl methyl sites for hydroxylation is 2. The number of amides is 5. The number of fused-ring (bicyclic) bond motifs is 1. The average molecular weight is 958 g/mol. The third kappa shape index (κ3) is 11.7. The van der Waals surface area contributed by atoms with Crippen LogP contribution in [0.2, 0.25) is 0 Å². The van der Waals surface area contributed by atoms with Crippen molar-refractivity contribution in [1.82, 2.24) is 30.3 Å². The van der Waals surface area contributed by atoms with Gasteiger partial charge in [-0.1, -0.05) is 49.6 Å². The van der Waals surface area contributed by atoms with E-state index in [4.69, 9.17) is 4.74 Å². The Kier molecular flexibility index (Phi) is 16.5. The van der Waals surface area contributed by atoms with Crippen LogP contribution in [0.3, 0.4) is 0 Å². The molecule has 3 saturated heterocycles. The van der Waals surface area contributed by atoms with E-state index in [-0.39, 0.29) is 36.8 Å². The van der Waals surface area contributed by atoms with Crippen molar-refractivity contribution in [1.29, 1.82) is 0 Å². The van der Waals surface area contributed by atoms with Gasteiger partial charge in [0.15, 0.2) is 0 Å². The number of anilines is 1. The van der Waals surface area contributed by atoms with E-state index in [9.17, 15) is 28.8 Å². The summed E-state index contributed by atoms with van der Waals surface area (Å²) in [6.45, 7) is 16.5. The molecule has 4 aliphatic heterocycles. The van der Waals surface area contributed by atoms with Gasteiger partial charge in [0, 0.05) is 98.9 Å². The number of piperazine rings is 1. The van der Waals surface area contributed by atoms with Crippen molar-refractivity contribution in [2.45, 2.75) is 116 Å². The topological polar surface area (TPSA) is 164 Å². The quantitative estimate of drug-likeness (QED) is 0.0496. The van der Waals surface area contributed by atoms with Crippen LogP contribution in [0.1, 0.15) is 124 Å². The van der Waals surface area contributed by atoms with E-state index >= 15 is 0 Å². The Bertz CT molecular complexity index is 2600. The fourth-order valence-electron chi connectivity index (χ4n) is 10.4. The molecule has 8 rings (SSSR count). The number of aromatic nitrogens is 1. The predicted molar refractivity (Wildman–Crippen MR) is 270 cm³/mol. The molecule has 69 heavy (non-hydrogen) atoms. The minimum atomic E-state index is -0.960. The number of pyridine rings is 1. The second kappa shape index (κ2) is 22.9. The molecule has 0 bridgehead atoms. The summed E-state index contributed by atoms with van der Waals surface area (Å²) in [5.41, 5.74) is 8.64. The summed E-state index contributed by atoms with van der Waals surface area (Å²) < 4.78 is 5.71. The molecule has 15 heteroatoms. The summed E-state index contributed by atoms with van der Waals surface area (Å²) in [4.78, 5) is 89.7. The number of aromatic amines is 1. The van der Waals surface area contributed by atoms with Gasteiger partial charge >= 0.3 is 0 Å². The second-order valence-corrected chi connectivity index (χ2v) is 20.1. The Labute approximate surface area is 409 Å². The van der Waals surface area contributed by atoms with Gasteiger partial charge in [0.1, 0.15) is 6.04 Å². The number of H-pyrrole nitrogens is 1. The largest absolute Gasteiger partial charge is 0.381 e. The number of ether oxygens (including phenoxy) is 1. The van der Waals surface area contributed by atoms with Crippen LogP contribution in [0, 0.1) is 20.8 Å². The molecule has 1 atom stereocenters. The second-order valence-electron chi connectivity index (χ2n) is 19.0. The lowest BCUT2D eigenvalue weighted by Gasteiger charge is -2.37. The molecule has 0 aliphatic carbocycles. The molecular formula is C54H67N7O7S. The van der Waals surface area contributed by atoms with E-state index in [0.717, 1.165) is 147 Å². The third-order valence-electron chi connectivity index (χ3n) is 14.3. The van der Waals surface area contributed by atoms with Crippen molar-refractivity contribution < 1.29 is 28.7 Å². The Morgan fingerprint density at radius 2 is 1.55 bits per heavy atom.